The Hall–Kier alpha value is -2.80. The molecule has 0 amide bonds. The van der Waals surface area contributed by atoms with E-state index in [4.69, 9.17) is 10.00 Å². The number of hydrogen-bond donors (Lipinski definition) is 0. The summed E-state index contributed by atoms with van der Waals surface area (Å²) >= 11 is 0. The fraction of sp³-hybridized carbons (Fsp3) is 0.125. The van der Waals surface area contributed by atoms with Crippen LogP contribution in [0.1, 0.15) is 15.9 Å². The lowest BCUT2D eigenvalue weighted by Crippen LogP contribution is -2.08. The molecule has 2 aromatic rings. The maximum absolute atomic E-state index is 10.7. The average molecular weight is 266 g/mol. The molecule has 100 valence electrons. The first-order chi connectivity index (χ1) is 9.63. The summed E-state index contributed by atoms with van der Waals surface area (Å²) in [5.41, 5.74) is 1.80. The quantitative estimate of drug-likeness (QED) is 0.797. The second-order valence-electron chi connectivity index (χ2n) is 4.48. The molecule has 0 atom stereocenters. The minimum Gasteiger partial charge on any atom is -0.456 e. The summed E-state index contributed by atoms with van der Waals surface area (Å²) in [6.07, 6.45) is 0.706. The predicted octanol–water partition coefficient (Wildman–Crippen LogP) is 3.23. The first kappa shape index (κ1) is 13.6. The largest absolute Gasteiger partial charge is 0.456 e. The van der Waals surface area contributed by atoms with E-state index in [1.54, 1.807) is 12.1 Å². The van der Waals surface area contributed by atoms with Gasteiger partial charge in [0.25, 0.3) is 0 Å². The number of rotatable bonds is 4. The number of hydrogen-bond acceptors (Lipinski definition) is 4. The molecular weight excluding hydrogens is 252 g/mol. The third-order valence-electron chi connectivity index (χ3n) is 2.82. The Kier molecular flexibility index (Phi) is 4.02. The van der Waals surface area contributed by atoms with Crippen molar-refractivity contribution in [2.45, 2.75) is 0 Å². The summed E-state index contributed by atoms with van der Waals surface area (Å²) in [5, 5.41) is 9.11. The van der Waals surface area contributed by atoms with Crippen LogP contribution >= 0.6 is 0 Å². The first-order valence-electron chi connectivity index (χ1n) is 6.08. The predicted molar refractivity (Wildman–Crippen MR) is 77.4 cm³/mol. The van der Waals surface area contributed by atoms with Gasteiger partial charge in [-0.05, 0) is 30.3 Å². The monoisotopic (exact) mass is 266 g/mol. The Morgan fingerprint density at radius 3 is 2.65 bits per heavy atom. The average Bonchev–Trinajstić information content (AvgIpc) is 2.48. The molecule has 0 bridgehead atoms. The third kappa shape index (κ3) is 2.96. The maximum Gasteiger partial charge on any atom is 0.150 e. The van der Waals surface area contributed by atoms with Crippen molar-refractivity contribution in [1.29, 1.82) is 5.26 Å². The van der Waals surface area contributed by atoms with E-state index in [0.717, 1.165) is 5.69 Å². The van der Waals surface area contributed by atoms with Crippen molar-refractivity contribution in [3.8, 4) is 17.6 Å². The van der Waals surface area contributed by atoms with Crippen molar-refractivity contribution in [3.05, 3.63) is 53.6 Å². The van der Waals surface area contributed by atoms with Crippen LogP contribution in [0.3, 0.4) is 0 Å². The number of nitriles is 1. The highest BCUT2D eigenvalue weighted by Gasteiger charge is 2.07. The molecule has 2 aromatic carbocycles. The van der Waals surface area contributed by atoms with E-state index >= 15 is 0 Å². The van der Waals surface area contributed by atoms with Crippen molar-refractivity contribution in [2.24, 2.45) is 0 Å². The van der Waals surface area contributed by atoms with Crippen molar-refractivity contribution in [1.82, 2.24) is 0 Å². The summed E-state index contributed by atoms with van der Waals surface area (Å²) in [4.78, 5) is 12.7. The van der Waals surface area contributed by atoms with Crippen LogP contribution in [-0.4, -0.2) is 20.4 Å². The lowest BCUT2D eigenvalue weighted by Gasteiger charge is -2.14. The molecule has 0 saturated heterocycles. The number of carbonyl (C=O) groups excluding carboxylic acids is 1. The third-order valence-corrected chi connectivity index (χ3v) is 2.82. The van der Waals surface area contributed by atoms with Gasteiger partial charge < -0.3 is 9.64 Å². The van der Waals surface area contributed by atoms with E-state index in [1.165, 1.54) is 6.07 Å². The first-order valence-corrected chi connectivity index (χ1v) is 6.08. The molecular formula is C16H14N2O2. The lowest BCUT2D eigenvalue weighted by atomic mass is 10.1. The van der Waals surface area contributed by atoms with E-state index in [-0.39, 0.29) is 0 Å². The number of anilines is 1. The molecule has 0 fully saturated rings. The van der Waals surface area contributed by atoms with Crippen LogP contribution in [0.4, 0.5) is 5.69 Å². The zero-order chi connectivity index (χ0) is 14.5. The van der Waals surface area contributed by atoms with E-state index in [9.17, 15) is 4.79 Å². The van der Waals surface area contributed by atoms with Crippen LogP contribution in [0.15, 0.2) is 42.5 Å². The fourth-order valence-electron chi connectivity index (χ4n) is 1.75. The van der Waals surface area contributed by atoms with Gasteiger partial charge in [0.15, 0.2) is 0 Å². The molecule has 20 heavy (non-hydrogen) atoms. The van der Waals surface area contributed by atoms with Gasteiger partial charge in [0.05, 0.1) is 5.56 Å². The molecule has 0 N–H and O–H groups in total. The lowest BCUT2D eigenvalue weighted by molar-refractivity contribution is 0.112. The number of aldehydes is 1. The number of benzene rings is 2. The number of ether oxygens (including phenoxy) is 1. The van der Waals surface area contributed by atoms with Gasteiger partial charge in [0.1, 0.15) is 23.9 Å². The van der Waals surface area contributed by atoms with Gasteiger partial charge in [-0.3, -0.25) is 4.79 Å². The molecule has 0 aliphatic heterocycles. The number of nitrogens with zero attached hydrogens (tertiary/aromatic N) is 2. The van der Waals surface area contributed by atoms with Gasteiger partial charge in [-0.15, -0.1) is 0 Å². The molecule has 4 nitrogen and oxygen atoms in total. The van der Waals surface area contributed by atoms with Gasteiger partial charge in [-0.1, -0.05) is 6.07 Å². The van der Waals surface area contributed by atoms with Crippen molar-refractivity contribution in [2.75, 3.05) is 19.0 Å². The van der Waals surface area contributed by atoms with E-state index < -0.39 is 0 Å². The minimum atomic E-state index is 0.338. The van der Waals surface area contributed by atoms with Crippen LogP contribution in [0.25, 0.3) is 0 Å². The zero-order valence-corrected chi connectivity index (χ0v) is 11.3. The highest BCUT2D eigenvalue weighted by molar-refractivity contribution is 5.76. The van der Waals surface area contributed by atoms with Gasteiger partial charge in [0, 0.05) is 31.4 Å². The van der Waals surface area contributed by atoms with Crippen LogP contribution in [-0.2, 0) is 0 Å². The summed E-state index contributed by atoms with van der Waals surface area (Å²) < 4.78 is 5.73. The van der Waals surface area contributed by atoms with Gasteiger partial charge >= 0.3 is 0 Å². The molecule has 0 aliphatic carbocycles. The molecule has 0 radical (unpaired) electrons. The van der Waals surface area contributed by atoms with Crippen LogP contribution in [0.5, 0.6) is 11.5 Å². The van der Waals surface area contributed by atoms with Crippen molar-refractivity contribution < 1.29 is 9.53 Å². The molecule has 0 unspecified atom stereocenters. The normalized spacial score (nSPS) is 9.65. The minimum absolute atomic E-state index is 0.338. The van der Waals surface area contributed by atoms with Gasteiger partial charge in [-0.2, -0.15) is 5.26 Å². The molecule has 0 saturated carbocycles. The Labute approximate surface area is 117 Å². The Morgan fingerprint density at radius 1 is 1.20 bits per heavy atom. The topological polar surface area (TPSA) is 53.3 Å². The molecule has 0 heterocycles. The van der Waals surface area contributed by atoms with E-state index in [0.29, 0.717) is 28.9 Å². The standard InChI is InChI=1S/C16H14N2O2/c1-18(2)14-4-3-5-15(9-14)20-16-7-6-12(11-19)8-13(16)10-17/h3-9,11H,1-2H3. The van der Waals surface area contributed by atoms with E-state index in [2.05, 4.69) is 0 Å². The smallest absolute Gasteiger partial charge is 0.150 e. The fourth-order valence-corrected chi connectivity index (χ4v) is 1.75. The molecule has 2 rings (SSSR count). The van der Waals surface area contributed by atoms with Crippen LogP contribution < -0.4 is 9.64 Å². The van der Waals surface area contributed by atoms with Crippen LogP contribution in [0, 0.1) is 11.3 Å². The van der Waals surface area contributed by atoms with Gasteiger partial charge in [0.2, 0.25) is 0 Å². The summed E-state index contributed by atoms with van der Waals surface area (Å²) in [6.45, 7) is 0. The second kappa shape index (κ2) is 5.89. The Balaban J connectivity index is 2.33. The molecule has 4 heteroatoms. The van der Waals surface area contributed by atoms with Crippen molar-refractivity contribution in [3.63, 3.8) is 0 Å². The van der Waals surface area contributed by atoms with Gasteiger partial charge in [-0.25, -0.2) is 0 Å². The summed E-state index contributed by atoms with van der Waals surface area (Å²) in [5.74, 6) is 1.08. The highest BCUT2D eigenvalue weighted by atomic mass is 16.5. The van der Waals surface area contributed by atoms with E-state index in [1.807, 2.05) is 49.3 Å². The van der Waals surface area contributed by atoms with Crippen LogP contribution in [0.2, 0.25) is 0 Å². The second-order valence-corrected chi connectivity index (χ2v) is 4.48. The molecule has 0 spiro atoms. The van der Waals surface area contributed by atoms with Crippen molar-refractivity contribution >= 4 is 12.0 Å². The summed E-state index contributed by atoms with van der Waals surface area (Å²) in [6, 6.07) is 14.4. The summed E-state index contributed by atoms with van der Waals surface area (Å²) in [7, 11) is 3.89. The Bertz CT molecular complexity index is 672. The molecule has 0 aliphatic rings. The number of carbonyl (C=O) groups is 1. The SMILES string of the molecule is CN(C)c1cccc(Oc2ccc(C=O)cc2C#N)c1. The highest BCUT2D eigenvalue weighted by Crippen LogP contribution is 2.28. The molecule has 0 aromatic heterocycles. The maximum atomic E-state index is 10.7. The Morgan fingerprint density at radius 2 is 2.00 bits per heavy atom. The zero-order valence-electron chi connectivity index (χ0n) is 11.3.